The Hall–Kier alpha value is -0.660. The van der Waals surface area contributed by atoms with Crippen LogP contribution in [0.25, 0.3) is 0 Å². The molecule has 0 bridgehead atoms. The van der Waals surface area contributed by atoms with Crippen molar-refractivity contribution in [2.45, 2.75) is 52.0 Å². The molecule has 0 aliphatic heterocycles. The van der Waals surface area contributed by atoms with Crippen LogP contribution in [0, 0.1) is 5.92 Å². The van der Waals surface area contributed by atoms with Gasteiger partial charge in [-0.3, -0.25) is 4.79 Å². The maximum Gasteiger partial charge on any atom is 0.282 e. The Morgan fingerprint density at radius 1 is 1.25 bits per heavy atom. The van der Waals surface area contributed by atoms with Crippen molar-refractivity contribution in [1.29, 1.82) is 0 Å². The van der Waals surface area contributed by atoms with Gasteiger partial charge in [0.2, 0.25) is 5.91 Å². The van der Waals surface area contributed by atoms with Crippen LogP contribution in [0.1, 0.15) is 46.0 Å². The highest BCUT2D eigenvalue weighted by molar-refractivity contribution is 7.86. The highest BCUT2D eigenvalue weighted by atomic mass is 32.2. The third-order valence-electron chi connectivity index (χ3n) is 3.68. The fraction of sp³-hybridized carbons (Fsp3) is 0.923. The number of nitrogens with zero attached hydrogens (tertiary/aromatic N) is 2. The van der Waals surface area contributed by atoms with E-state index in [1.807, 2.05) is 13.8 Å². The third kappa shape index (κ3) is 4.71. The summed E-state index contributed by atoms with van der Waals surface area (Å²) in [4.78, 5) is 11.1. The first-order valence-corrected chi connectivity index (χ1v) is 8.66. The molecule has 1 fully saturated rings. The van der Waals surface area contributed by atoms with Crippen LogP contribution in [0.4, 0.5) is 0 Å². The fourth-order valence-electron chi connectivity index (χ4n) is 2.64. The molecular weight excluding hydrogens is 278 g/mol. The highest BCUT2D eigenvalue weighted by Gasteiger charge is 2.33. The van der Waals surface area contributed by atoms with Crippen LogP contribution in [-0.2, 0) is 15.0 Å². The van der Waals surface area contributed by atoms with Gasteiger partial charge in [0, 0.05) is 19.6 Å². The van der Waals surface area contributed by atoms with E-state index in [0.29, 0.717) is 6.54 Å². The van der Waals surface area contributed by atoms with Gasteiger partial charge in [-0.05, 0) is 18.8 Å². The Bertz CT molecular complexity index is 417. The van der Waals surface area contributed by atoms with Gasteiger partial charge in [-0.1, -0.05) is 33.1 Å². The number of hydrogen-bond donors (Lipinski definition) is 1. The van der Waals surface area contributed by atoms with E-state index in [0.717, 1.165) is 25.7 Å². The Balaban J connectivity index is 2.86. The van der Waals surface area contributed by atoms with Gasteiger partial charge in [-0.2, -0.15) is 17.0 Å². The van der Waals surface area contributed by atoms with Crippen molar-refractivity contribution in [2.75, 3.05) is 20.1 Å². The Morgan fingerprint density at radius 3 is 2.25 bits per heavy atom. The van der Waals surface area contributed by atoms with E-state index < -0.39 is 16.1 Å². The molecule has 0 aromatic rings. The second kappa shape index (κ2) is 7.38. The molecule has 0 aromatic carbocycles. The van der Waals surface area contributed by atoms with E-state index in [2.05, 4.69) is 0 Å². The third-order valence-corrected chi connectivity index (χ3v) is 5.64. The maximum atomic E-state index is 12.6. The number of carbonyl (C=O) groups excluding carboxylic acids is 1. The summed E-state index contributed by atoms with van der Waals surface area (Å²) in [6.07, 6.45) is 5.07. The molecule has 0 atom stereocenters. The zero-order chi connectivity index (χ0) is 15.3. The Labute approximate surface area is 122 Å². The zero-order valence-corrected chi connectivity index (χ0v) is 13.5. The van der Waals surface area contributed by atoms with Gasteiger partial charge in [-0.15, -0.1) is 0 Å². The summed E-state index contributed by atoms with van der Waals surface area (Å²) in [5.41, 5.74) is 5.18. The molecule has 0 saturated heterocycles. The normalized spacial score (nSPS) is 18.1. The lowest BCUT2D eigenvalue weighted by molar-refractivity contribution is -0.118. The van der Waals surface area contributed by atoms with E-state index >= 15 is 0 Å². The van der Waals surface area contributed by atoms with Crippen molar-refractivity contribution in [3.8, 4) is 0 Å². The SMILES string of the molecule is CC(C)CN(CC(N)=O)S(=O)(=O)N(C)C1CCCCC1. The van der Waals surface area contributed by atoms with Gasteiger partial charge >= 0.3 is 0 Å². The van der Waals surface area contributed by atoms with Crippen LogP contribution >= 0.6 is 0 Å². The topological polar surface area (TPSA) is 83.7 Å². The second-order valence-corrected chi connectivity index (χ2v) is 7.96. The minimum Gasteiger partial charge on any atom is -0.369 e. The van der Waals surface area contributed by atoms with Gasteiger partial charge < -0.3 is 5.73 Å². The molecule has 1 aliphatic rings. The first kappa shape index (κ1) is 17.4. The molecule has 1 amide bonds. The summed E-state index contributed by atoms with van der Waals surface area (Å²) in [6, 6.07) is 0.0382. The average molecular weight is 305 g/mol. The molecule has 0 heterocycles. The van der Waals surface area contributed by atoms with Crippen LogP contribution in [0.3, 0.4) is 0 Å². The summed E-state index contributed by atoms with van der Waals surface area (Å²) in [7, 11) is -2.01. The van der Waals surface area contributed by atoms with Gasteiger partial charge in [0.1, 0.15) is 0 Å². The molecule has 2 N–H and O–H groups in total. The van der Waals surface area contributed by atoms with E-state index in [1.165, 1.54) is 15.0 Å². The lowest BCUT2D eigenvalue weighted by Gasteiger charge is -2.34. The largest absolute Gasteiger partial charge is 0.369 e. The number of rotatable bonds is 7. The van der Waals surface area contributed by atoms with Crippen molar-refractivity contribution in [3.05, 3.63) is 0 Å². The Kier molecular flexibility index (Phi) is 6.42. The fourth-order valence-corrected chi connectivity index (χ4v) is 4.37. The van der Waals surface area contributed by atoms with Crippen LogP contribution in [0.5, 0.6) is 0 Å². The molecule has 7 heteroatoms. The molecule has 20 heavy (non-hydrogen) atoms. The quantitative estimate of drug-likeness (QED) is 0.759. The van der Waals surface area contributed by atoms with Crippen molar-refractivity contribution in [1.82, 2.24) is 8.61 Å². The number of nitrogens with two attached hydrogens (primary N) is 1. The standard InChI is InChI=1S/C13H27N3O3S/c1-11(2)9-16(10-13(14)17)20(18,19)15(3)12-7-5-4-6-8-12/h11-12H,4-10H2,1-3H3,(H2,14,17). The summed E-state index contributed by atoms with van der Waals surface area (Å²) in [5, 5.41) is 0. The number of primary amides is 1. The van der Waals surface area contributed by atoms with Crippen molar-refractivity contribution < 1.29 is 13.2 Å². The van der Waals surface area contributed by atoms with E-state index in [-0.39, 0.29) is 18.5 Å². The lowest BCUT2D eigenvalue weighted by Crippen LogP contribution is -2.50. The molecule has 118 valence electrons. The molecule has 0 radical (unpaired) electrons. The second-order valence-electron chi connectivity index (χ2n) is 5.97. The molecule has 0 unspecified atom stereocenters. The molecule has 1 rings (SSSR count). The van der Waals surface area contributed by atoms with Crippen molar-refractivity contribution in [2.24, 2.45) is 11.7 Å². The predicted molar refractivity (Wildman–Crippen MR) is 79.2 cm³/mol. The smallest absolute Gasteiger partial charge is 0.282 e. The monoisotopic (exact) mass is 305 g/mol. The van der Waals surface area contributed by atoms with Crippen LogP contribution in [0.15, 0.2) is 0 Å². The van der Waals surface area contributed by atoms with Gasteiger partial charge in [0.15, 0.2) is 0 Å². The Morgan fingerprint density at radius 2 is 1.80 bits per heavy atom. The van der Waals surface area contributed by atoms with Gasteiger partial charge in [-0.25, -0.2) is 0 Å². The minimum atomic E-state index is -3.62. The summed E-state index contributed by atoms with van der Waals surface area (Å²) in [5.74, 6) is -0.477. The molecular formula is C13H27N3O3S. The highest BCUT2D eigenvalue weighted by Crippen LogP contribution is 2.24. The van der Waals surface area contributed by atoms with Gasteiger partial charge in [0.25, 0.3) is 10.2 Å². The summed E-state index contributed by atoms with van der Waals surface area (Å²) >= 11 is 0. The number of carbonyl (C=O) groups is 1. The van der Waals surface area contributed by atoms with E-state index in [9.17, 15) is 13.2 Å². The van der Waals surface area contributed by atoms with Crippen LogP contribution in [0.2, 0.25) is 0 Å². The first-order valence-electron chi connectivity index (χ1n) is 7.26. The van der Waals surface area contributed by atoms with Crippen molar-refractivity contribution >= 4 is 16.1 Å². The zero-order valence-electron chi connectivity index (χ0n) is 12.7. The minimum absolute atomic E-state index is 0.0382. The van der Waals surface area contributed by atoms with Crippen LogP contribution in [-0.4, -0.2) is 49.1 Å². The predicted octanol–water partition coefficient (Wildman–Crippen LogP) is 0.939. The molecule has 6 nitrogen and oxygen atoms in total. The lowest BCUT2D eigenvalue weighted by atomic mass is 9.96. The van der Waals surface area contributed by atoms with Crippen LogP contribution < -0.4 is 5.73 Å². The molecule has 0 aromatic heterocycles. The molecule has 1 saturated carbocycles. The number of hydrogen-bond acceptors (Lipinski definition) is 3. The van der Waals surface area contributed by atoms with Crippen molar-refractivity contribution in [3.63, 3.8) is 0 Å². The molecule has 1 aliphatic carbocycles. The number of amides is 1. The summed E-state index contributed by atoms with van der Waals surface area (Å²) in [6.45, 7) is 3.90. The van der Waals surface area contributed by atoms with E-state index in [4.69, 9.17) is 5.73 Å². The first-order chi connectivity index (χ1) is 9.25. The average Bonchev–Trinajstić information content (AvgIpc) is 2.37. The molecule has 0 spiro atoms. The van der Waals surface area contributed by atoms with Gasteiger partial charge in [0.05, 0.1) is 6.54 Å². The maximum absolute atomic E-state index is 12.6. The van der Waals surface area contributed by atoms with E-state index in [1.54, 1.807) is 7.05 Å². The summed E-state index contributed by atoms with van der Waals surface area (Å²) < 4.78 is 27.9.